The smallest absolute Gasteiger partial charge is 0.408 e. The average molecular weight is 534 g/mol. The number of nitrogens with one attached hydrogen (secondary N) is 2. The lowest BCUT2D eigenvalue weighted by molar-refractivity contribution is -0.143. The van der Waals surface area contributed by atoms with Crippen LogP contribution >= 0.6 is 0 Å². The molecule has 210 valence electrons. The van der Waals surface area contributed by atoms with Crippen LogP contribution < -0.4 is 10.6 Å². The lowest BCUT2D eigenvalue weighted by Crippen LogP contribution is -2.54. The monoisotopic (exact) mass is 533 g/mol. The summed E-state index contributed by atoms with van der Waals surface area (Å²) < 4.78 is 5.45. The molecule has 0 spiro atoms. The first-order valence-corrected chi connectivity index (χ1v) is 13.4. The van der Waals surface area contributed by atoms with Crippen LogP contribution in [0.1, 0.15) is 83.2 Å². The number of benzene rings is 2. The maximum Gasteiger partial charge on any atom is 0.408 e. The topological polar surface area (TPSA) is 87.7 Å². The number of aryl methyl sites for hydroxylation is 2. The molecular formula is C32H43N3O4. The number of carbonyl (C=O) groups excluding carboxylic acids is 3. The Morgan fingerprint density at radius 1 is 0.974 bits per heavy atom. The maximum atomic E-state index is 14.3. The van der Waals surface area contributed by atoms with Crippen molar-refractivity contribution in [2.45, 2.75) is 92.5 Å². The molecule has 0 saturated heterocycles. The number of hydrogen-bond acceptors (Lipinski definition) is 4. The summed E-state index contributed by atoms with van der Waals surface area (Å²) in [5.41, 5.74) is 2.81. The molecule has 0 aromatic heterocycles. The second-order valence-electron chi connectivity index (χ2n) is 11.6. The third-order valence-corrected chi connectivity index (χ3v) is 6.17. The van der Waals surface area contributed by atoms with Gasteiger partial charge in [0.1, 0.15) is 17.7 Å². The number of alkyl carbamates (subject to hydrolysis) is 1. The fraction of sp³-hybridized carbons (Fsp3) is 0.469. The molecule has 2 aromatic rings. The van der Waals surface area contributed by atoms with Gasteiger partial charge in [-0.25, -0.2) is 4.79 Å². The number of amides is 3. The predicted octanol–water partition coefficient (Wildman–Crippen LogP) is 6.14. The number of nitrogens with zero attached hydrogens (tertiary/aromatic N) is 1. The van der Waals surface area contributed by atoms with Crippen molar-refractivity contribution < 1.29 is 19.1 Å². The summed E-state index contributed by atoms with van der Waals surface area (Å²) in [6, 6.07) is 10.5. The van der Waals surface area contributed by atoms with Crippen molar-refractivity contribution in [3.05, 3.63) is 64.7 Å². The highest BCUT2D eigenvalue weighted by Crippen LogP contribution is 2.30. The van der Waals surface area contributed by atoms with Gasteiger partial charge in [0.2, 0.25) is 5.91 Å². The first-order valence-electron chi connectivity index (χ1n) is 13.4. The first kappa shape index (κ1) is 31.4. The minimum Gasteiger partial charge on any atom is -0.444 e. The van der Waals surface area contributed by atoms with Gasteiger partial charge in [-0.15, -0.1) is 6.42 Å². The minimum absolute atomic E-state index is 0.0859. The van der Waals surface area contributed by atoms with Crippen LogP contribution in [0, 0.1) is 32.1 Å². The molecule has 0 bridgehead atoms. The van der Waals surface area contributed by atoms with E-state index >= 15 is 0 Å². The van der Waals surface area contributed by atoms with Gasteiger partial charge in [0.25, 0.3) is 5.91 Å². The Morgan fingerprint density at radius 2 is 1.56 bits per heavy atom. The van der Waals surface area contributed by atoms with Crippen molar-refractivity contribution in [3.63, 3.8) is 0 Å². The molecule has 0 fully saturated rings. The van der Waals surface area contributed by atoms with Crippen molar-refractivity contribution in [1.82, 2.24) is 10.2 Å². The van der Waals surface area contributed by atoms with E-state index in [1.165, 1.54) is 4.90 Å². The Balaban J connectivity index is 2.63. The third kappa shape index (κ3) is 8.61. The highest BCUT2D eigenvalue weighted by atomic mass is 16.6. The minimum atomic E-state index is -1.04. The van der Waals surface area contributed by atoms with E-state index in [0.717, 1.165) is 11.1 Å². The summed E-state index contributed by atoms with van der Waals surface area (Å²) >= 11 is 0. The summed E-state index contributed by atoms with van der Waals surface area (Å²) in [5.74, 6) is 1.97. The van der Waals surface area contributed by atoms with Crippen LogP contribution in [-0.2, 0) is 14.3 Å². The van der Waals surface area contributed by atoms with E-state index in [1.54, 1.807) is 45.0 Å². The van der Waals surface area contributed by atoms with Crippen LogP contribution in [0.2, 0.25) is 0 Å². The number of rotatable bonds is 9. The fourth-order valence-electron chi connectivity index (χ4n) is 4.49. The van der Waals surface area contributed by atoms with Crippen molar-refractivity contribution in [2.75, 3.05) is 5.32 Å². The van der Waals surface area contributed by atoms with Crippen LogP contribution in [0.25, 0.3) is 0 Å². The Kier molecular flexibility index (Phi) is 10.7. The molecule has 2 rings (SSSR count). The van der Waals surface area contributed by atoms with Gasteiger partial charge < -0.3 is 20.3 Å². The van der Waals surface area contributed by atoms with Crippen molar-refractivity contribution >= 4 is 23.6 Å². The predicted molar refractivity (Wildman–Crippen MR) is 156 cm³/mol. The van der Waals surface area contributed by atoms with E-state index in [-0.39, 0.29) is 5.92 Å². The lowest BCUT2D eigenvalue weighted by Gasteiger charge is -2.38. The molecular weight excluding hydrogens is 490 g/mol. The van der Waals surface area contributed by atoms with Crippen LogP contribution in [0.5, 0.6) is 0 Å². The van der Waals surface area contributed by atoms with E-state index in [1.807, 2.05) is 59.7 Å². The van der Waals surface area contributed by atoms with Gasteiger partial charge in [-0.2, -0.15) is 0 Å². The zero-order valence-electron chi connectivity index (χ0n) is 24.7. The molecule has 2 atom stereocenters. The molecule has 2 N–H and O–H groups in total. The van der Waals surface area contributed by atoms with Gasteiger partial charge in [-0.3, -0.25) is 9.59 Å². The van der Waals surface area contributed by atoms with Crippen molar-refractivity contribution in [3.8, 4) is 12.3 Å². The molecule has 0 aliphatic heterocycles. The van der Waals surface area contributed by atoms with Gasteiger partial charge in [-0.05, 0) is 83.6 Å². The van der Waals surface area contributed by atoms with Crippen LogP contribution in [0.3, 0.4) is 0 Å². The molecule has 0 saturated carbocycles. The molecule has 3 amide bonds. The molecule has 7 heteroatoms. The Morgan fingerprint density at radius 3 is 2.08 bits per heavy atom. The molecule has 0 heterocycles. The number of hydrogen-bond donors (Lipinski definition) is 2. The normalized spacial score (nSPS) is 12.9. The highest BCUT2D eigenvalue weighted by Gasteiger charge is 2.39. The standard InChI is InChI=1S/C32H43N3O4/c1-11-24-17-12-13-18-25(24)28(29(36)34-27-22(6)15-14-16-23(27)7)35(21(4)5)30(37)26(19-20(2)3)33-31(38)39-32(8,9)10/h1,12-18,20-21,26,28H,19H2,2-10H3,(H,33,38)(H,34,36). The number of carbonyl (C=O) groups is 3. The van der Waals surface area contributed by atoms with Gasteiger partial charge >= 0.3 is 6.09 Å². The number of anilines is 1. The summed E-state index contributed by atoms with van der Waals surface area (Å²) in [7, 11) is 0. The van der Waals surface area contributed by atoms with Crippen molar-refractivity contribution in [2.24, 2.45) is 5.92 Å². The molecule has 2 unspecified atom stereocenters. The van der Waals surface area contributed by atoms with Crippen LogP contribution in [0.15, 0.2) is 42.5 Å². The van der Waals surface area contributed by atoms with Gasteiger partial charge in [0.15, 0.2) is 0 Å². The van der Waals surface area contributed by atoms with Crippen LogP contribution in [0.4, 0.5) is 10.5 Å². The van der Waals surface area contributed by atoms with E-state index < -0.39 is 41.6 Å². The Hall–Kier alpha value is -3.79. The van der Waals surface area contributed by atoms with Gasteiger partial charge in [0, 0.05) is 17.3 Å². The van der Waals surface area contributed by atoms with Gasteiger partial charge in [0.05, 0.1) is 0 Å². The zero-order chi connectivity index (χ0) is 29.5. The Bertz CT molecular complexity index is 1200. The highest BCUT2D eigenvalue weighted by molar-refractivity contribution is 6.00. The van der Waals surface area contributed by atoms with Crippen LogP contribution in [-0.4, -0.2) is 40.5 Å². The SMILES string of the molecule is C#Cc1ccccc1C(C(=O)Nc1c(C)cccc1C)N(C(=O)C(CC(C)C)NC(=O)OC(C)(C)C)C(C)C. The van der Waals surface area contributed by atoms with E-state index in [9.17, 15) is 14.4 Å². The summed E-state index contributed by atoms with van der Waals surface area (Å²) in [6.45, 7) is 16.7. The van der Waals surface area contributed by atoms with Gasteiger partial charge in [-0.1, -0.05) is 56.2 Å². The largest absolute Gasteiger partial charge is 0.444 e. The molecule has 2 aromatic carbocycles. The van der Waals surface area contributed by atoms with E-state index in [0.29, 0.717) is 23.2 Å². The van der Waals surface area contributed by atoms with Crippen molar-refractivity contribution in [1.29, 1.82) is 0 Å². The quantitative estimate of drug-likeness (QED) is 0.379. The van der Waals surface area contributed by atoms with E-state index in [2.05, 4.69) is 16.6 Å². The Labute approximate surface area is 233 Å². The molecule has 39 heavy (non-hydrogen) atoms. The molecule has 0 aliphatic carbocycles. The summed E-state index contributed by atoms with van der Waals surface area (Å²) in [6.07, 6.45) is 5.51. The number of para-hydroxylation sites is 1. The lowest BCUT2D eigenvalue weighted by atomic mass is 9.94. The maximum absolute atomic E-state index is 14.3. The third-order valence-electron chi connectivity index (χ3n) is 6.17. The molecule has 7 nitrogen and oxygen atoms in total. The molecule has 0 radical (unpaired) electrons. The molecule has 0 aliphatic rings. The summed E-state index contributed by atoms with van der Waals surface area (Å²) in [4.78, 5) is 42.6. The summed E-state index contributed by atoms with van der Waals surface area (Å²) in [5, 5.41) is 5.81. The zero-order valence-corrected chi connectivity index (χ0v) is 24.7. The number of ether oxygens (including phenoxy) is 1. The van der Waals surface area contributed by atoms with E-state index in [4.69, 9.17) is 11.2 Å². The first-order chi connectivity index (χ1) is 18.2. The second-order valence-corrected chi connectivity index (χ2v) is 11.6. The fourth-order valence-corrected chi connectivity index (χ4v) is 4.49. The second kappa shape index (κ2) is 13.3. The number of terminal acetylenes is 1. The average Bonchev–Trinajstić information content (AvgIpc) is 2.82.